The van der Waals surface area contributed by atoms with Crippen molar-refractivity contribution in [1.29, 1.82) is 0 Å². The molecule has 1 aromatic heterocycles. The third-order valence-electron chi connectivity index (χ3n) is 5.35. The van der Waals surface area contributed by atoms with Crippen LogP contribution in [0.3, 0.4) is 0 Å². The minimum absolute atomic E-state index is 0. The van der Waals surface area contributed by atoms with Crippen LogP contribution in [0.1, 0.15) is 18.9 Å². The number of nitrogens with one attached hydrogen (secondary N) is 1. The average molecular weight is 409 g/mol. The number of benzene rings is 1. The normalized spacial score (nSPS) is 21.7. The molecule has 7 nitrogen and oxygen atoms in total. The molecular weight excluding hydrogens is 384 g/mol. The number of nitrogens with zero attached hydrogens (tertiary/aromatic N) is 1. The Hall–Kier alpha value is -2.09. The van der Waals surface area contributed by atoms with E-state index in [9.17, 15) is 9.59 Å². The standard InChI is InChI=1S/C20H24N2O5.ClH/c1-2-14-9-19(24)27-17-10-15(3-4-16(14)17)25-11-18(23)22-7-5-20(13-22)12-21-6-8-26-20;/h3-4,9-10,21H,2,5-8,11-13H2,1H3;1H. The highest BCUT2D eigenvalue weighted by Crippen LogP contribution is 2.27. The summed E-state index contributed by atoms with van der Waals surface area (Å²) < 4.78 is 16.9. The van der Waals surface area contributed by atoms with Crippen LogP contribution in [0, 0.1) is 0 Å². The maximum Gasteiger partial charge on any atom is 0.336 e. The second-order valence-corrected chi connectivity index (χ2v) is 7.16. The highest BCUT2D eigenvalue weighted by Gasteiger charge is 2.42. The Balaban J connectivity index is 0.00000225. The quantitative estimate of drug-likeness (QED) is 0.776. The molecule has 1 amide bonds. The molecule has 0 bridgehead atoms. The average Bonchev–Trinajstić information content (AvgIpc) is 3.09. The topological polar surface area (TPSA) is 81.0 Å². The van der Waals surface area contributed by atoms with E-state index in [1.54, 1.807) is 17.0 Å². The van der Waals surface area contributed by atoms with Crippen LogP contribution in [-0.2, 0) is 16.0 Å². The predicted octanol–water partition coefficient (Wildman–Crippen LogP) is 1.75. The smallest absolute Gasteiger partial charge is 0.336 e. The van der Waals surface area contributed by atoms with E-state index in [-0.39, 0.29) is 36.1 Å². The number of halogens is 1. The van der Waals surface area contributed by atoms with Crippen molar-refractivity contribution in [2.24, 2.45) is 0 Å². The molecule has 1 atom stereocenters. The largest absolute Gasteiger partial charge is 0.484 e. The molecule has 2 fully saturated rings. The van der Waals surface area contributed by atoms with Crippen LogP contribution in [0.15, 0.2) is 33.5 Å². The van der Waals surface area contributed by atoms with Gasteiger partial charge in [0.05, 0.1) is 18.8 Å². The lowest BCUT2D eigenvalue weighted by molar-refractivity contribution is -0.134. The lowest BCUT2D eigenvalue weighted by Crippen LogP contribution is -2.52. The van der Waals surface area contributed by atoms with Gasteiger partial charge in [-0.1, -0.05) is 6.92 Å². The van der Waals surface area contributed by atoms with Gasteiger partial charge < -0.3 is 24.1 Å². The molecular formula is C20H25ClN2O5. The van der Waals surface area contributed by atoms with Gasteiger partial charge in [-0.25, -0.2) is 4.79 Å². The van der Waals surface area contributed by atoms with E-state index in [2.05, 4.69) is 5.32 Å². The molecule has 2 aromatic rings. The fourth-order valence-corrected chi connectivity index (χ4v) is 3.86. The number of carbonyl (C=O) groups is 1. The number of hydrogen-bond donors (Lipinski definition) is 1. The molecule has 0 saturated carbocycles. The summed E-state index contributed by atoms with van der Waals surface area (Å²) in [7, 11) is 0. The molecule has 0 radical (unpaired) electrons. The Labute approximate surface area is 169 Å². The molecule has 4 rings (SSSR count). The molecule has 8 heteroatoms. The summed E-state index contributed by atoms with van der Waals surface area (Å²) in [6.07, 6.45) is 1.58. The summed E-state index contributed by atoms with van der Waals surface area (Å²) in [5, 5.41) is 4.22. The van der Waals surface area contributed by atoms with Crippen molar-refractivity contribution in [2.45, 2.75) is 25.4 Å². The molecule has 1 aromatic carbocycles. The van der Waals surface area contributed by atoms with Gasteiger partial charge in [-0.3, -0.25) is 4.79 Å². The molecule has 1 unspecified atom stereocenters. The molecule has 28 heavy (non-hydrogen) atoms. The number of fused-ring (bicyclic) bond motifs is 1. The molecule has 3 heterocycles. The summed E-state index contributed by atoms with van der Waals surface area (Å²) >= 11 is 0. The van der Waals surface area contributed by atoms with Crippen molar-refractivity contribution in [3.8, 4) is 5.75 Å². The van der Waals surface area contributed by atoms with Gasteiger partial charge in [0.2, 0.25) is 0 Å². The van der Waals surface area contributed by atoms with Gasteiger partial charge in [-0.15, -0.1) is 12.4 Å². The van der Waals surface area contributed by atoms with Crippen molar-refractivity contribution in [1.82, 2.24) is 10.2 Å². The number of hydrogen-bond acceptors (Lipinski definition) is 6. The Morgan fingerprint density at radius 1 is 1.36 bits per heavy atom. The zero-order valence-corrected chi connectivity index (χ0v) is 16.7. The number of morpholine rings is 1. The summed E-state index contributed by atoms with van der Waals surface area (Å²) in [6.45, 7) is 5.53. The van der Waals surface area contributed by atoms with Crippen molar-refractivity contribution >= 4 is 29.3 Å². The maximum atomic E-state index is 12.5. The minimum Gasteiger partial charge on any atom is -0.484 e. The molecule has 1 spiro atoms. The lowest BCUT2D eigenvalue weighted by Gasteiger charge is -2.34. The predicted molar refractivity (Wildman–Crippen MR) is 107 cm³/mol. The van der Waals surface area contributed by atoms with Crippen LogP contribution in [0.4, 0.5) is 0 Å². The molecule has 0 aliphatic carbocycles. The molecule has 2 aliphatic rings. The van der Waals surface area contributed by atoms with Crippen molar-refractivity contribution in [3.63, 3.8) is 0 Å². The van der Waals surface area contributed by atoms with Crippen LogP contribution in [0.5, 0.6) is 5.75 Å². The fraction of sp³-hybridized carbons (Fsp3) is 0.500. The highest BCUT2D eigenvalue weighted by atomic mass is 35.5. The number of amides is 1. The van der Waals surface area contributed by atoms with Gasteiger partial charge in [0.1, 0.15) is 11.3 Å². The first-order valence-corrected chi connectivity index (χ1v) is 9.41. The number of rotatable bonds is 4. The number of carbonyl (C=O) groups excluding carboxylic acids is 1. The Kier molecular flexibility index (Phi) is 6.27. The fourth-order valence-electron chi connectivity index (χ4n) is 3.86. The minimum atomic E-state index is -0.379. The summed E-state index contributed by atoms with van der Waals surface area (Å²) in [5.41, 5.74) is 0.783. The second-order valence-electron chi connectivity index (χ2n) is 7.16. The first kappa shape index (κ1) is 20.6. The van der Waals surface area contributed by atoms with Gasteiger partial charge in [0.25, 0.3) is 5.91 Å². The van der Waals surface area contributed by atoms with Crippen molar-refractivity contribution in [2.75, 3.05) is 39.4 Å². The Morgan fingerprint density at radius 2 is 2.21 bits per heavy atom. The van der Waals surface area contributed by atoms with Crippen LogP contribution in [-0.4, -0.2) is 55.8 Å². The maximum absolute atomic E-state index is 12.5. The Morgan fingerprint density at radius 3 is 2.96 bits per heavy atom. The van der Waals surface area contributed by atoms with Gasteiger partial charge >= 0.3 is 5.63 Å². The SMILES string of the molecule is CCc1cc(=O)oc2cc(OCC(=O)N3CCC4(CNCCO4)C3)ccc12.Cl. The number of likely N-dealkylation sites (tertiary alicyclic amines) is 1. The number of ether oxygens (including phenoxy) is 2. The van der Waals surface area contributed by atoms with Crippen LogP contribution in [0.25, 0.3) is 11.0 Å². The van der Waals surface area contributed by atoms with Crippen LogP contribution >= 0.6 is 12.4 Å². The van der Waals surface area contributed by atoms with Gasteiger partial charge in [-0.2, -0.15) is 0 Å². The van der Waals surface area contributed by atoms with Crippen molar-refractivity contribution in [3.05, 3.63) is 40.2 Å². The highest BCUT2D eigenvalue weighted by molar-refractivity contribution is 5.85. The van der Waals surface area contributed by atoms with Crippen molar-refractivity contribution < 1.29 is 18.7 Å². The third-order valence-corrected chi connectivity index (χ3v) is 5.35. The van der Waals surface area contributed by atoms with Crippen LogP contribution < -0.4 is 15.7 Å². The zero-order chi connectivity index (χ0) is 18.9. The third kappa shape index (κ3) is 4.16. The molecule has 152 valence electrons. The van der Waals surface area contributed by atoms with E-state index in [4.69, 9.17) is 13.9 Å². The van der Waals surface area contributed by atoms with Gasteiger partial charge in [0, 0.05) is 37.2 Å². The number of aryl methyl sites for hydroxylation is 1. The first-order valence-electron chi connectivity index (χ1n) is 9.41. The van der Waals surface area contributed by atoms with Crippen LogP contribution in [0.2, 0.25) is 0 Å². The lowest BCUT2D eigenvalue weighted by atomic mass is 10.0. The van der Waals surface area contributed by atoms with E-state index >= 15 is 0 Å². The van der Waals surface area contributed by atoms with E-state index in [1.807, 2.05) is 13.0 Å². The van der Waals surface area contributed by atoms with Gasteiger partial charge in [0.15, 0.2) is 6.61 Å². The molecule has 1 N–H and O–H groups in total. The van der Waals surface area contributed by atoms with Gasteiger partial charge in [-0.05, 0) is 30.5 Å². The molecule has 2 saturated heterocycles. The van der Waals surface area contributed by atoms with E-state index in [1.165, 1.54) is 6.07 Å². The summed E-state index contributed by atoms with van der Waals surface area (Å²) in [5.74, 6) is 0.446. The second kappa shape index (κ2) is 8.51. The monoisotopic (exact) mass is 408 g/mol. The Bertz CT molecular complexity index is 907. The van der Waals surface area contributed by atoms with E-state index < -0.39 is 0 Å². The molecule has 2 aliphatic heterocycles. The summed E-state index contributed by atoms with van der Waals surface area (Å²) in [6, 6.07) is 6.85. The summed E-state index contributed by atoms with van der Waals surface area (Å²) in [4.78, 5) is 26.0. The first-order chi connectivity index (χ1) is 13.1. The van der Waals surface area contributed by atoms with E-state index in [0.29, 0.717) is 31.0 Å². The van der Waals surface area contributed by atoms with E-state index in [0.717, 1.165) is 36.9 Å². The zero-order valence-electron chi connectivity index (χ0n) is 15.9.